The van der Waals surface area contributed by atoms with Crippen LogP contribution in [0.5, 0.6) is 0 Å². The summed E-state index contributed by atoms with van der Waals surface area (Å²) in [4.78, 5) is 11.5. The normalized spacial score (nSPS) is 20.9. The molecule has 1 rings (SSSR count). The lowest BCUT2D eigenvalue weighted by molar-refractivity contribution is -0.923. The van der Waals surface area contributed by atoms with Crippen LogP contribution in [0.3, 0.4) is 0 Å². The fourth-order valence-electron chi connectivity index (χ4n) is 5.21. The van der Waals surface area contributed by atoms with Gasteiger partial charge < -0.3 is 10.6 Å². The van der Waals surface area contributed by atoms with Crippen molar-refractivity contribution in [3.63, 3.8) is 0 Å². The first-order chi connectivity index (χ1) is 16.1. The number of nitrogens with zero attached hydrogens (tertiary/aromatic N) is 1. The van der Waals surface area contributed by atoms with Crippen LogP contribution in [0.4, 0.5) is 0 Å². The zero-order chi connectivity index (χ0) is 24.2. The number of quaternary nitrogens is 1. The van der Waals surface area contributed by atoms with Crippen LogP contribution in [0.25, 0.3) is 0 Å². The average molecular weight is 463 g/mol. The quantitative estimate of drug-likeness (QED) is 0.103. The highest BCUT2D eigenvalue weighted by Gasteiger charge is 2.41. The molecular formula is C29H56N3O+. The molecule has 33 heavy (non-hydrogen) atoms. The molecule has 0 saturated heterocycles. The van der Waals surface area contributed by atoms with Gasteiger partial charge in [-0.25, -0.2) is 0 Å². The van der Waals surface area contributed by atoms with E-state index in [2.05, 4.69) is 56.0 Å². The Labute approximate surface area is 206 Å². The Kier molecular flexibility index (Phi) is 17.2. The fraction of sp³-hybridized carbons (Fsp3) is 0.828. The summed E-state index contributed by atoms with van der Waals surface area (Å²) < 4.78 is 0.812. The fourth-order valence-corrected chi connectivity index (χ4v) is 5.21. The predicted molar refractivity (Wildman–Crippen MR) is 143 cm³/mol. The SMILES string of the molecule is CCCCCCCC/C=C/CCCCCCCCCCC1NC=C[N+]1(CC)C(C)NC(C)=O. The van der Waals surface area contributed by atoms with E-state index in [0.717, 1.165) is 17.4 Å². The molecule has 0 fully saturated rings. The highest BCUT2D eigenvalue weighted by Crippen LogP contribution is 2.26. The molecule has 0 aromatic rings. The van der Waals surface area contributed by atoms with Crippen LogP contribution in [0, 0.1) is 0 Å². The van der Waals surface area contributed by atoms with E-state index in [1.165, 1.54) is 103 Å². The first kappa shape index (κ1) is 29.7. The van der Waals surface area contributed by atoms with E-state index in [-0.39, 0.29) is 12.1 Å². The molecule has 192 valence electrons. The van der Waals surface area contributed by atoms with Crippen molar-refractivity contribution in [3.05, 3.63) is 24.6 Å². The standard InChI is InChI=1S/C29H55N3O/c1-5-7-8-9-10-11-12-13-14-15-16-17-18-19-20-21-22-23-24-29-30-25-26-32(29,6-2)27(3)31-28(4)33/h13-14,25-27,29-30H,5-12,15-24H2,1-4H3/p+1/b14-13+. The summed E-state index contributed by atoms with van der Waals surface area (Å²) >= 11 is 0. The Hall–Kier alpha value is -1.29. The molecule has 0 aromatic heterocycles. The largest absolute Gasteiger partial charge is 0.338 e. The third-order valence-corrected chi connectivity index (χ3v) is 7.39. The molecule has 1 aliphatic heterocycles. The number of nitrogens with one attached hydrogen (secondary N) is 2. The van der Waals surface area contributed by atoms with Gasteiger partial charge in [0.2, 0.25) is 5.91 Å². The van der Waals surface area contributed by atoms with Gasteiger partial charge in [0, 0.05) is 20.3 Å². The maximum atomic E-state index is 11.5. The number of amides is 1. The van der Waals surface area contributed by atoms with E-state index >= 15 is 0 Å². The Morgan fingerprint density at radius 1 is 0.879 bits per heavy atom. The summed E-state index contributed by atoms with van der Waals surface area (Å²) in [5.74, 6) is 0.0525. The van der Waals surface area contributed by atoms with Gasteiger partial charge in [-0.1, -0.05) is 89.7 Å². The van der Waals surface area contributed by atoms with E-state index in [1.807, 2.05) is 0 Å². The Balaban J connectivity index is 1.97. The third-order valence-electron chi connectivity index (χ3n) is 7.39. The summed E-state index contributed by atoms with van der Waals surface area (Å²) in [6.45, 7) is 9.22. The number of hydrogen-bond donors (Lipinski definition) is 2. The average Bonchev–Trinajstić information content (AvgIpc) is 3.22. The van der Waals surface area contributed by atoms with Crippen molar-refractivity contribution in [1.29, 1.82) is 0 Å². The highest BCUT2D eigenvalue weighted by atomic mass is 16.1. The second kappa shape index (κ2) is 19.1. The lowest BCUT2D eigenvalue weighted by atomic mass is 10.0. The van der Waals surface area contributed by atoms with Crippen molar-refractivity contribution in [2.45, 2.75) is 149 Å². The second-order valence-electron chi connectivity index (χ2n) is 10.1. The Morgan fingerprint density at radius 2 is 1.39 bits per heavy atom. The Morgan fingerprint density at radius 3 is 1.91 bits per heavy atom. The van der Waals surface area contributed by atoms with Crippen molar-refractivity contribution in [3.8, 4) is 0 Å². The molecule has 0 saturated carbocycles. The summed E-state index contributed by atoms with van der Waals surface area (Å²) in [6, 6.07) is 0. The number of carbonyl (C=O) groups excluding carboxylic acids is 1. The topological polar surface area (TPSA) is 41.1 Å². The van der Waals surface area contributed by atoms with Crippen molar-refractivity contribution in [1.82, 2.24) is 10.6 Å². The van der Waals surface area contributed by atoms with Gasteiger partial charge in [-0.2, -0.15) is 0 Å². The second-order valence-corrected chi connectivity index (χ2v) is 10.1. The molecular weight excluding hydrogens is 406 g/mol. The molecule has 1 aliphatic rings. The minimum absolute atomic E-state index is 0.0525. The number of rotatable bonds is 21. The van der Waals surface area contributed by atoms with Gasteiger partial charge in [-0.15, -0.1) is 0 Å². The summed E-state index contributed by atoms with van der Waals surface area (Å²) in [5.41, 5.74) is 0. The van der Waals surface area contributed by atoms with Gasteiger partial charge in [-0.05, 0) is 39.0 Å². The van der Waals surface area contributed by atoms with Gasteiger partial charge in [0.15, 0.2) is 12.3 Å². The van der Waals surface area contributed by atoms with E-state index in [1.54, 1.807) is 6.92 Å². The first-order valence-corrected chi connectivity index (χ1v) is 14.3. The third kappa shape index (κ3) is 12.7. The molecule has 3 atom stereocenters. The molecule has 1 amide bonds. The molecule has 3 unspecified atom stereocenters. The van der Waals surface area contributed by atoms with Gasteiger partial charge in [0.25, 0.3) is 0 Å². The van der Waals surface area contributed by atoms with Crippen LogP contribution in [-0.2, 0) is 4.79 Å². The van der Waals surface area contributed by atoms with Crippen LogP contribution in [0.15, 0.2) is 24.6 Å². The van der Waals surface area contributed by atoms with Gasteiger partial charge in [0.05, 0.1) is 12.7 Å². The van der Waals surface area contributed by atoms with E-state index in [4.69, 9.17) is 0 Å². The monoisotopic (exact) mass is 462 g/mol. The maximum Gasteiger partial charge on any atom is 0.221 e. The van der Waals surface area contributed by atoms with E-state index in [9.17, 15) is 4.79 Å². The lowest BCUT2D eigenvalue weighted by Crippen LogP contribution is -2.62. The van der Waals surface area contributed by atoms with Gasteiger partial charge >= 0.3 is 0 Å². The number of allylic oxidation sites excluding steroid dienone is 2. The summed E-state index contributed by atoms with van der Waals surface area (Å²) in [6.07, 6.45) is 32.6. The predicted octanol–water partition coefficient (Wildman–Crippen LogP) is 7.91. The molecule has 4 heteroatoms. The molecule has 4 nitrogen and oxygen atoms in total. The van der Waals surface area contributed by atoms with Crippen molar-refractivity contribution in [2.24, 2.45) is 0 Å². The zero-order valence-corrected chi connectivity index (χ0v) is 22.5. The molecule has 0 aromatic carbocycles. The number of unbranched alkanes of at least 4 members (excludes halogenated alkanes) is 14. The van der Waals surface area contributed by atoms with Crippen LogP contribution >= 0.6 is 0 Å². The molecule has 0 aliphatic carbocycles. The first-order valence-electron chi connectivity index (χ1n) is 14.3. The molecule has 0 radical (unpaired) electrons. The highest BCUT2D eigenvalue weighted by molar-refractivity contribution is 5.72. The van der Waals surface area contributed by atoms with Crippen molar-refractivity contribution >= 4 is 5.91 Å². The van der Waals surface area contributed by atoms with Crippen LogP contribution in [0.2, 0.25) is 0 Å². The van der Waals surface area contributed by atoms with Crippen LogP contribution < -0.4 is 10.6 Å². The lowest BCUT2D eigenvalue weighted by Gasteiger charge is -2.41. The molecule has 2 N–H and O–H groups in total. The van der Waals surface area contributed by atoms with Crippen molar-refractivity contribution < 1.29 is 9.28 Å². The van der Waals surface area contributed by atoms with Crippen LogP contribution in [-0.4, -0.2) is 29.3 Å². The summed E-state index contributed by atoms with van der Waals surface area (Å²) in [5, 5.41) is 6.65. The minimum atomic E-state index is 0.0525. The molecule has 0 spiro atoms. The zero-order valence-electron chi connectivity index (χ0n) is 22.5. The Bertz CT molecular complexity index is 545. The minimum Gasteiger partial charge on any atom is -0.338 e. The molecule has 1 heterocycles. The molecule has 0 bridgehead atoms. The van der Waals surface area contributed by atoms with E-state index in [0.29, 0.717) is 6.17 Å². The number of hydrogen-bond acceptors (Lipinski definition) is 2. The van der Waals surface area contributed by atoms with Crippen molar-refractivity contribution in [2.75, 3.05) is 6.54 Å². The van der Waals surface area contributed by atoms with E-state index < -0.39 is 0 Å². The maximum absolute atomic E-state index is 11.5. The van der Waals surface area contributed by atoms with Gasteiger partial charge in [0.1, 0.15) is 6.20 Å². The van der Waals surface area contributed by atoms with Gasteiger partial charge in [-0.3, -0.25) is 9.28 Å². The summed E-state index contributed by atoms with van der Waals surface area (Å²) in [7, 11) is 0. The number of carbonyl (C=O) groups is 1. The smallest absolute Gasteiger partial charge is 0.221 e. The van der Waals surface area contributed by atoms with Crippen LogP contribution in [0.1, 0.15) is 137 Å².